The number of nitrogens with zero attached hydrogens (tertiary/aromatic N) is 2. The first-order valence-corrected chi connectivity index (χ1v) is 7.13. The number of fused-ring (bicyclic) bond motifs is 1. The van der Waals surface area contributed by atoms with Gasteiger partial charge in [0.15, 0.2) is 0 Å². The van der Waals surface area contributed by atoms with E-state index in [1.54, 1.807) is 7.11 Å². The van der Waals surface area contributed by atoms with Crippen molar-refractivity contribution in [3.8, 4) is 0 Å². The van der Waals surface area contributed by atoms with E-state index in [1.165, 1.54) is 10.9 Å². The topological polar surface area (TPSA) is 39.1 Å². The quantitative estimate of drug-likeness (QED) is 0.912. The molecule has 0 saturated carbocycles. The van der Waals surface area contributed by atoms with Crippen LogP contribution in [-0.2, 0) is 17.8 Å². The van der Waals surface area contributed by atoms with Crippen molar-refractivity contribution in [1.82, 2.24) is 15.1 Å². The molecule has 1 heterocycles. The van der Waals surface area contributed by atoms with Crippen molar-refractivity contribution in [2.75, 3.05) is 7.11 Å². The van der Waals surface area contributed by atoms with Gasteiger partial charge in [0.05, 0.1) is 23.9 Å². The van der Waals surface area contributed by atoms with E-state index < -0.39 is 0 Å². The van der Waals surface area contributed by atoms with Gasteiger partial charge in [0.25, 0.3) is 0 Å². The summed E-state index contributed by atoms with van der Waals surface area (Å²) in [6.07, 6.45) is 0.154. The van der Waals surface area contributed by atoms with Gasteiger partial charge in [-0.05, 0) is 33.8 Å². The van der Waals surface area contributed by atoms with Crippen LogP contribution >= 0.6 is 0 Å². The minimum atomic E-state index is 0.0880. The highest BCUT2D eigenvalue weighted by Crippen LogP contribution is 2.19. The lowest BCUT2D eigenvalue weighted by molar-refractivity contribution is 0.101. The first-order valence-electron chi connectivity index (χ1n) is 7.13. The SMILES string of the molecule is COC(C)Cn1nc(CNC(C)(C)C)c2ccccc21. The van der Waals surface area contributed by atoms with Gasteiger partial charge in [-0.25, -0.2) is 0 Å². The highest BCUT2D eigenvalue weighted by Gasteiger charge is 2.14. The summed E-state index contributed by atoms with van der Waals surface area (Å²) in [5, 5.41) is 9.47. The van der Waals surface area contributed by atoms with Crippen LogP contribution in [0.3, 0.4) is 0 Å². The Kier molecular flexibility index (Phi) is 4.45. The molecule has 0 aliphatic rings. The maximum absolute atomic E-state index is 5.35. The summed E-state index contributed by atoms with van der Waals surface area (Å²) in [5.41, 5.74) is 2.35. The molecule has 20 heavy (non-hydrogen) atoms. The maximum atomic E-state index is 5.35. The zero-order chi connectivity index (χ0) is 14.8. The molecule has 2 aromatic rings. The number of nitrogens with one attached hydrogen (secondary N) is 1. The van der Waals surface area contributed by atoms with E-state index >= 15 is 0 Å². The van der Waals surface area contributed by atoms with Gasteiger partial charge in [-0.2, -0.15) is 5.10 Å². The molecule has 1 aromatic heterocycles. The van der Waals surface area contributed by atoms with Crippen LogP contribution in [-0.4, -0.2) is 28.5 Å². The highest BCUT2D eigenvalue weighted by atomic mass is 16.5. The van der Waals surface area contributed by atoms with Crippen LogP contribution in [0.25, 0.3) is 10.9 Å². The van der Waals surface area contributed by atoms with Crippen LogP contribution in [0.4, 0.5) is 0 Å². The monoisotopic (exact) mass is 275 g/mol. The second-order valence-corrected chi connectivity index (χ2v) is 6.30. The average Bonchev–Trinajstić information content (AvgIpc) is 2.74. The third-order valence-corrected chi connectivity index (χ3v) is 3.35. The molecule has 110 valence electrons. The van der Waals surface area contributed by atoms with Crippen molar-refractivity contribution in [3.05, 3.63) is 30.0 Å². The molecule has 1 atom stereocenters. The number of aromatic nitrogens is 2. The number of ether oxygens (including phenoxy) is 1. The van der Waals surface area contributed by atoms with Gasteiger partial charge in [-0.3, -0.25) is 4.68 Å². The van der Waals surface area contributed by atoms with Crippen molar-refractivity contribution in [2.45, 2.75) is 52.4 Å². The molecule has 0 fully saturated rings. The van der Waals surface area contributed by atoms with Crippen LogP contribution in [0, 0.1) is 0 Å². The minimum Gasteiger partial charge on any atom is -0.380 e. The normalized spacial score (nSPS) is 13.8. The molecule has 0 aliphatic heterocycles. The van der Waals surface area contributed by atoms with E-state index in [0.29, 0.717) is 0 Å². The number of benzene rings is 1. The Hall–Kier alpha value is -1.39. The highest BCUT2D eigenvalue weighted by molar-refractivity contribution is 5.81. The van der Waals surface area contributed by atoms with E-state index in [-0.39, 0.29) is 11.6 Å². The molecule has 4 heteroatoms. The van der Waals surface area contributed by atoms with Crippen LogP contribution in [0.15, 0.2) is 24.3 Å². The van der Waals surface area contributed by atoms with Crippen LogP contribution in [0.5, 0.6) is 0 Å². The number of hydrogen-bond acceptors (Lipinski definition) is 3. The number of para-hydroxylation sites is 1. The van der Waals surface area contributed by atoms with E-state index in [4.69, 9.17) is 9.84 Å². The van der Waals surface area contributed by atoms with Gasteiger partial charge >= 0.3 is 0 Å². The molecule has 1 N–H and O–H groups in total. The smallest absolute Gasteiger partial charge is 0.0841 e. The Morgan fingerprint density at radius 1 is 1.30 bits per heavy atom. The molecule has 0 aliphatic carbocycles. The van der Waals surface area contributed by atoms with Crippen molar-refractivity contribution in [1.29, 1.82) is 0 Å². The van der Waals surface area contributed by atoms with Gasteiger partial charge in [-0.1, -0.05) is 18.2 Å². The first kappa shape index (κ1) is 15.0. The van der Waals surface area contributed by atoms with E-state index in [9.17, 15) is 0 Å². The van der Waals surface area contributed by atoms with Crippen molar-refractivity contribution in [2.24, 2.45) is 0 Å². The zero-order valence-corrected chi connectivity index (χ0v) is 13.1. The number of rotatable bonds is 5. The standard InChI is InChI=1S/C16H25N3O/c1-12(20-5)11-19-15-9-7-6-8-13(15)14(18-19)10-17-16(2,3)4/h6-9,12,17H,10-11H2,1-5H3. The molecule has 1 unspecified atom stereocenters. The van der Waals surface area contributed by atoms with E-state index in [2.05, 4.69) is 57.3 Å². The lowest BCUT2D eigenvalue weighted by Gasteiger charge is -2.19. The largest absolute Gasteiger partial charge is 0.380 e. The zero-order valence-electron chi connectivity index (χ0n) is 13.1. The molecule has 0 spiro atoms. The summed E-state index contributed by atoms with van der Waals surface area (Å²) in [6.45, 7) is 10.1. The lowest BCUT2D eigenvalue weighted by atomic mass is 10.1. The van der Waals surface area contributed by atoms with Gasteiger partial charge in [-0.15, -0.1) is 0 Å². The van der Waals surface area contributed by atoms with Gasteiger partial charge in [0.2, 0.25) is 0 Å². The molecule has 0 bridgehead atoms. The predicted molar refractivity (Wildman–Crippen MR) is 82.8 cm³/mol. The molecule has 2 rings (SSSR count). The van der Waals surface area contributed by atoms with Crippen molar-refractivity contribution < 1.29 is 4.74 Å². The Morgan fingerprint density at radius 2 is 2.00 bits per heavy atom. The summed E-state index contributed by atoms with van der Waals surface area (Å²) in [6, 6.07) is 8.37. The summed E-state index contributed by atoms with van der Waals surface area (Å²) < 4.78 is 7.39. The second kappa shape index (κ2) is 5.94. The molecule has 0 radical (unpaired) electrons. The summed E-state index contributed by atoms with van der Waals surface area (Å²) >= 11 is 0. The lowest BCUT2D eigenvalue weighted by Crippen LogP contribution is -2.35. The van der Waals surface area contributed by atoms with E-state index in [1.807, 2.05) is 4.68 Å². The molecule has 4 nitrogen and oxygen atoms in total. The first-order chi connectivity index (χ1) is 9.40. The van der Waals surface area contributed by atoms with Gasteiger partial charge in [0, 0.05) is 24.6 Å². The number of hydrogen-bond donors (Lipinski definition) is 1. The fourth-order valence-corrected chi connectivity index (χ4v) is 2.13. The molecule has 0 saturated heterocycles. The van der Waals surface area contributed by atoms with Crippen molar-refractivity contribution in [3.63, 3.8) is 0 Å². The summed E-state index contributed by atoms with van der Waals surface area (Å²) in [7, 11) is 1.73. The Morgan fingerprint density at radius 3 is 2.65 bits per heavy atom. The van der Waals surface area contributed by atoms with Crippen LogP contribution in [0.2, 0.25) is 0 Å². The summed E-state index contributed by atoms with van der Waals surface area (Å²) in [5.74, 6) is 0. The molecular weight excluding hydrogens is 250 g/mol. The molecule has 0 amide bonds. The fourth-order valence-electron chi connectivity index (χ4n) is 2.13. The van der Waals surface area contributed by atoms with Gasteiger partial charge < -0.3 is 10.1 Å². The molecule has 1 aromatic carbocycles. The summed E-state index contributed by atoms with van der Waals surface area (Å²) in [4.78, 5) is 0. The predicted octanol–water partition coefficient (Wildman–Crippen LogP) is 2.96. The third kappa shape index (κ3) is 3.58. The average molecular weight is 275 g/mol. The van der Waals surface area contributed by atoms with E-state index in [0.717, 1.165) is 18.8 Å². The fraction of sp³-hybridized carbons (Fsp3) is 0.562. The van der Waals surface area contributed by atoms with Crippen LogP contribution in [0.1, 0.15) is 33.4 Å². The Labute approximate surface area is 121 Å². The number of methoxy groups -OCH3 is 1. The second-order valence-electron chi connectivity index (χ2n) is 6.30. The van der Waals surface area contributed by atoms with Gasteiger partial charge in [0.1, 0.15) is 0 Å². The third-order valence-electron chi connectivity index (χ3n) is 3.35. The van der Waals surface area contributed by atoms with Crippen LogP contribution < -0.4 is 5.32 Å². The maximum Gasteiger partial charge on any atom is 0.0841 e. The minimum absolute atomic E-state index is 0.0880. The Balaban J connectivity index is 2.30. The Bertz CT molecular complexity index is 569. The van der Waals surface area contributed by atoms with Crippen molar-refractivity contribution >= 4 is 10.9 Å². The molecular formula is C16H25N3O.